The van der Waals surface area contributed by atoms with Crippen LogP contribution in [-0.4, -0.2) is 49.2 Å². The number of benzene rings is 2. The molecule has 2 aliphatic rings. The van der Waals surface area contributed by atoms with Gasteiger partial charge < -0.3 is 19.4 Å². The van der Waals surface area contributed by atoms with E-state index in [0.29, 0.717) is 25.6 Å². The van der Waals surface area contributed by atoms with Crippen LogP contribution in [0.25, 0.3) is 0 Å². The molecule has 1 fully saturated rings. The van der Waals surface area contributed by atoms with E-state index < -0.39 is 0 Å². The number of fused-ring (bicyclic) bond motifs is 1. The van der Waals surface area contributed by atoms with Gasteiger partial charge in [0.25, 0.3) is 0 Å². The molecule has 3 heterocycles. The lowest BCUT2D eigenvalue weighted by molar-refractivity contribution is -0.107. The molecule has 0 saturated carbocycles. The minimum Gasteiger partial charge on any atom is -0.490 e. The number of carbonyl (C=O) groups is 1. The van der Waals surface area contributed by atoms with E-state index in [4.69, 9.17) is 4.74 Å². The number of ether oxygens (including phenoxy) is 1. The number of anilines is 4. The molecular formula is C27H30FN5O2. The Morgan fingerprint density at radius 2 is 1.77 bits per heavy atom. The first-order valence-corrected chi connectivity index (χ1v) is 12.2. The number of hydrogen-bond acceptors (Lipinski definition) is 6. The first-order valence-electron chi connectivity index (χ1n) is 12.2. The Hall–Kier alpha value is -3.68. The van der Waals surface area contributed by atoms with Crippen molar-refractivity contribution in [3.05, 3.63) is 66.2 Å². The average molecular weight is 476 g/mol. The van der Waals surface area contributed by atoms with Crippen molar-refractivity contribution in [3.8, 4) is 5.75 Å². The van der Waals surface area contributed by atoms with Gasteiger partial charge in [0.05, 0.1) is 18.0 Å². The van der Waals surface area contributed by atoms with Crippen molar-refractivity contribution in [2.75, 3.05) is 47.5 Å². The maximum absolute atomic E-state index is 15.0. The second-order valence-corrected chi connectivity index (χ2v) is 9.04. The van der Waals surface area contributed by atoms with Crippen LogP contribution in [0.4, 0.5) is 27.4 Å². The molecule has 0 unspecified atom stereocenters. The minimum atomic E-state index is -0.375. The van der Waals surface area contributed by atoms with Gasteiger partial charge in [-0.2, -0.15) is 0 Å². The van der Waals surface area contributed by atoms with Gasteiger partial charge in [-0.25, -0.2) is 14.4 Å². The van der Waals surface area contributed by atoms with Crippen LogP contribution in [-0.2, 0) is 11.2 Å². The number of nitrogens with zero attached hydrogens (tertiary/aromatic N) is 5. The van der Waals surface area contributed by atoms with Crippen LogP contribution in [0.3, 0.4) is 0 Å². The summed E-state index contributed by atoms with van der Waals surface area (Å²) in [6.45, 7) is 5.46. The van der Waals surface area contributed by atoms with Crippen LogP contribution in [0, 0.1) is 11.7 Å². The zero-order chi connectivity index (χ0) is 24.2. The van der Waals surface area contributed by atoms with Gasteiger partial charge in [-0.1, -0.05) is 19.1 Å². The monoisotopic (exact) mass is 475 g/mol. The van der Waals surface area contributed by atoms with Crippen LogP contribution in [0.5, 0.6) is 5.75 Å². The predicted octanol–water partition coefficient (Wildman–Crippen LogP) is 4.59. The van der Waals surface area contributed by atoms with Crippen LogP contribution < -0.4 is 19.4 Å². The normalized spacial score (nSPS) is 16.2. The first kappa shape index (κ1) is 23.1. The van der Waals surface area contributed by atoms with Crippen molar-refractivity contribution >= 4 is 29.4 Å². The van der Waals surface area contributed by atoms with Crippen molar-refractivity contribution in [1.82, 2.24) is 9.97 Å². The molecule has 0 radical (unpaired) electrons. The first-order chi connectivity index (χ1) is 17.2. The van der Waals surface area contributed by atoms with E-state index in [0.717, 1.165) is 67.3 Å². The number of para-hydroxylation sites is 2. The molecule has 0 aliphatic carbocycles. The summed E-state index contributed by atoms with van der Waals surface area (Å²) in [7, 11) is 0. The Balaban J connectivity index is 1.19. The highest BCUT2D eigenvalue weighted by molar-refractivity contribution is 5.88. The van der Waals surface area contributed by atoms with Crippen LogP contribution in [0.1, 0.15) is 25.3 Å². The minimum absolute atomic E-state index is 0.273. The molecule has 0 spiro atoms. The molecule has 0 bridgehead atoms. The summed E-state index contributed by atoms with van der Waals surface area (Å²) in [4.78, 5) is 26.3. The maximum Gasteiger partial charge on any atom is 0.225 e. The smallest absolute Gasteiger partial charge is 0.225 e. The lowest BCUT2D eigenvalue weighted by atomic mass is 9.98. The molecule has 2 aliphatic heterocycles. The van der Waals surface area contributed by atoms with Gasteiger partial charge >= 0.3 is 0 Å². The Labute approximate surface area is 205 Å². The fraction of sp³-hybridized carbons (Fsp3) is 0.370. The molecule has 182 valence electrons. The number of halogens is 1. The second kappa shape index (κ2) is 10.3. The number of carbonyl (C=O) groups excluding carboxylic acids is 1. The molecule has 35 heavy (non-hydrogen) atoms. The number of rotatable bonds is 7. The Bertz CT molecular complexity index is 1160. The van der Waals surface area contributed by atoms with Gasteiger partial charge in [0, 0.05) is 50.3 Å². The van der Waals surface area contributed by atoms with Gasteiger partial charge in [-0.15, -0.1) is 0 Å². The molecule has 5 rings (SSSR count). The van der Waals surface area contributed by atoms with Crippen molar-refractivity contribution < 1.29 is 13.9 Å². The highest BCUT2D eigenvalue weighted by Crippen LogP contribution is 2.38. The number of piperidine rings is 1. The fourth-order valence-electron chi connectivity index (χ4n) is 4.74. The second-order valence-electron chi connectivity index (χ2n) is 9.04. The quantitative estimate of drug-likeness (QED) is 0.466. The Kier molecular flexibility index (Phi) is 6.79. The molecule has 3 aromatic rings. The van der Waals surface area contributed by atoms with E-state index in [-0.39, 0.29) is 11.6 Å². The Morgan fingerprint density at radius 1 is 1.03 bits per heavy atom. The van der Waals surface area contributed by atoms with Gasteiger partial charge in [-0.05, 0) is 55.0 Å². The third-order valence-electron chi connectivity index (χ3n) is 6.87. The predicted molar refractivity (Wildman–Crippen MR) is 135 cm³/mol. The van der Waals surface area contributed by atoms with E-state index in [1.165, 1.54) is 6.07 Å². The van der Waals surface area contributed by atoms with Gasteiger partial charge in [0.1, 0.15) is 0 Å². The number of amides is 1. The zero-order valence-corrected chi connectivity index (χ0v) is 19.9. The van der Waals surface area contributed by atoms with Gasteiger partial charge in [-0.3, -0.25) is 4.79 Å². The molecule has 8 heteroatoms. The van der Waals surface area contributed by atoms with E-state index >= 15 is 0 Å². The molecule has 0 N–H and O–H groups in total. The van der Waals surface area contributed by atoms with Crippen molar-refractivity contribution in [2.45, 2.75) is 26.2 Å². The van der Waals surface area contributed by atoms with Gasteiger partial charge in [0.2, 0.25) is 12.4 Å². The molecular weight excluding hydrogens is 445 g/mol. The lowest BCUT2D eigenvalue weighted by Crippen LogP contribution is -2.38. The molecule has 2 aromatic carbocycles. The van der Waals surface area contributed by atoms with Gasteiger partial charge in [0.15, 0.2) is 11.6 Å². The maximum atomic E-state index is 15.0. The molecule has 0 atom stereocenters. The van der Waals surface area contributed by atoms with Crippen molar-refractivity contribution in [2.24, 2.45) is 5.92 Å². The summed E-state index contributed by atoms with van der Waals surface area (Å²) in [6, 6.07) is 12.8. The summed E-state index contributed by atoms with van der Waals surface area (Å²) in [5, 5.41) is 0. The number of aromatic nitrogens is 2. The molecule has 7 nitrogen and oxygen atoms in total. The number of aryl methyl sites for hydroxylation is 1. The van der Waals surface area contributed by atoms with E-state index in [1.807, 2.05) is 47.6 Å². The average Bonchev–Trinajstić information content (AvgIpc) is 2.92. The molecule has 1 amide bonds. The molecule has 1 aromatic heterocycles. The summed E-state index contributed by atoms with van der Waals surface area (Å²) in [5.41, 5.74) is 3.60. The summed E-state index contributed by atoms with van der Waals surface area (Å²) in [6.07, 6.45) is 7.47. The Morgan fingerprint density at radius 3 is 2.46 bits per heavy atom. The SMILES string of the molecule is CCc1cnc(N2CCC(COc3ccc(N4CCN(C=O)c5ccccc54)cc3F)CC2)nc1. The third-order valence-corrected chi connectivity index (χ3v) is 6.87. The summed E-state index contributed by atoms with van der Waals surface area (Å²) in [5.74, 6) is 1.04. The number of hydrogen-bond donors (Lipinski definition) is 0. The highest BCUT2D eigenvalue weighted by Gasteiger charge is 2.25. The van der Waals surface area contributed by atoms with E-state index in [9.17, 15) is 9.18 Å². The zero-order valence-electron chi connectivity index (χ0n) is 19.9. The van der Waals surface area contributed by atoms with Crippen molar-refractivity contribution in [3.63, 3.8) is 0 Å². The molecule has 1 saturated heterocycles. The lowest BCUT2D eigenvalue weighted by Gasteiger charge is -2.36. The standard InChI is InChI=1S/C27H30FN5O2/c1-2-20-16-29-27(30-17-20)31-11-9-21(10-12-31)18-35-26-8-7-22(15-23(26)28)33-14-13-32(19-34)24-5-3-4-6-25(24)33/h3-8,15-17,19,21H,2,9-14,18H2,1H3. The largest absolute Gasteiger partial charge is 0.490 e. The topological polar surface area (TPSA) is 61.8 Å². The van der Waals surface area contributed by atoms with Crippen LogP contribution in [0.2, 0.25) is 0 Å². The third kappa shape index (κ3) is 4.92. The summed E-state index contributed by atoms with van der Waals surface area (Å²) < 4.78 is 20.9. The van der Waals surface area contributed by atoms with E-state index in [1.54, 1.807) is 11.0 Å². The van der Waals surface area contributed by atoms with Crippen LogP contribution >= 0.6 is 0 Å². The summed E-state index contributed by atoms with van der Waals surface area (Å²) >= 11 is 0. The van der Waals surface area contributed by atoms with Crippen molar-refractivity contribution in [1.29, 1.82) is 0 Å². The van der Waals surface area contributed by atoms with E-state index in [2.05, 4.69) is 21.8 Å². The van der Waals surface area contributed by atoms with Crippen LogP contribution in [0.15, 0.2) is 54.9 Å². The fourth-order valence-corrected chi connectivity index (χ4v) is 4.74. The highest BCUT2D eigenvalue weighted by atomic mass is 19.1.